The fraction of sp³-hybridized carbons (Fsp3) is 0.463. The van der Waals surface area contributed by atoms with E-state index in [0.29, 0.717) is 24.2 Å². The normalized spacial score (nSPS) is 14.7. The maximum Gasteiger partial charge on any atom is 0.437 e. The van der Waals surface area contributed by atoms with Gasteiger partial charge in [-0.3, -0.25) is 4.79 Å². The van der Waals surface area contributed by atoms with Gasteiger partial charge in [0.15, 0.2) is 0 Å². The molecule has 0 aromatic heterocycles. The van der Waals surface area contributed by atoms with E-state index in [-0.39, 0.29) is 12.8 Å². The van der Waals surface area contributed by atoms with Crippen LogP contribution in [0.3, 0.4) is 0 Å². The van der Waals surface area contributed by atoms with Crippen LogP contribution in [0.1, 0.15) is 112 Å². The minimum atomic E-state index is -4.75. The van der Waals surface area contributed by atoms with Crippen LogP contribution in [0.2, 0.25) is 0 Å². The number of esters is 2. The van der Waals surface area contributed by atoms with Crippen molar-refractivity contribution in [3.63, 3.8) is 0 Å². The van der Waals surface area contributed by atoms with Crippen LogP contribution in [0.25, 0.3) is 11.1 Å². The van der Waals surface area contributed by atoms with Crippen molar-refractivity contribution in [2.45, 2.75) is 116 Å². The van der Waals surface area contributed by atoms with Crippen LogP contribution in [-0.4, -0.2) is 24.2 Å². The first kappa shape index (κ1) is 36.8. The molecule has 2 atom stereocenters. The molecule has 0 N–H and O–H groups in total. The molecule has 1 aliphatic carbocycles. The topological polar surface area (TPSA) is 52.6 Å². The van der Waals surface area contributed by atoms with Crippen LogP contribution < -0.4 is 4.74 Å². The molecule has 0 saturated carbocycles. The van der Waals surface area contributed by atoms with Crippen molar-refractivity contribution in [2.75, 3.05) is 0 Å². The molecule has 1 aliphatic rings. The molecule has 0 fully saturated rings. The summed E-state index contributed by atoms with van der Waals surface area (Å²) in [6.07, 6.45) is 7.07. The van der Waals surface area contributed by atoms with Crippen LogP contribution in [-0.2, 0) is 28.8 Å². The minimum absolute atomic E-state index is 0.229. The van der Waals surface area contributed by atoms with Gasteiger partial charge >= 0.3 is 18.1 Å². The lowest BCUT2D eigenvalue weighted by Crippen LogP contribution is -2.36. The average molecular weight is 661 g/mol. The highest BCUT2D eigenvalue weighted by Gasteiger charge is 2.43. The fourth-order valence-corrected chi connectivity index (χ4v) is 6.05. The largest absolute Gasteiger partial charge is 0.439 e. The second-order valence-corrected chi connectivity index (χ2v) is 12.6. The van der Waals surface area contributed by atoms with Gasteiger partial charge in [-0.2, -0.15) is 13.2 Å². The van der Waals surface area contributed by atoms with E-state index in [9.17, 15) is 22.8 Å². The number of hydrogen-bond acceptors (Lipinski definition) is 4. The summed E-state index contributed by atoms with van der Waals surface area (Å²) in [6.45, 7) is 3.88. The number of rotatable bonds is 15. The highest BCUT2D eigenvalue weighted by atomic mass is 19.4. The van der Waals surface area contributed by atoms with Gasteiger partial charge in [-0.15, -0.1) is 0 Å². The van der Waals surface area contributed by atoms with Gasteiger partial charge in [-0.1, -0.05) is 114 Å². The van der Waals surface area contributed by atoms with Gasteiger partial charge in [0.2, 0.25) is 0 Å². The van der Waals surface area contributed by atoms with E-state index in [1.54, 1.807) is 37.3 Å². The Hall–Kier alpha value is -4.05. The first-order valence-corrected chi connectivity index (χ1v) is 17.5. The van der Waals surface area contributed by atoms with Gasteiger partial charge in [0, 0.05) is 6.42 Å². The Morgan fingerprint density at radius 1 is 0.812 bits per heavy atom. The molecule has 4 nitrogen and oxygen atoms in total. The number of halogens is 3. The highest BCUT2D eigenvalue weighted by molar-refractivity contribution is 5.91. The Morgan fingerprint density at radius 3 is 2.06 bits per heavy atom. The summed E-state index contributed by atoms with van der Waals surface area (Å²) in [5.74, 6) is 2.63. The van der Waals surface area contributed by atoms with E-state index in [4.69, 9.17) is 9.47 Å². The molecule has 0 saturated heterocycles. The lowest BCUT2D eigenvalue weighted by Gasteiger charge is -2.25. The average Bonchev–Trinajstić information content (AvgIpc) is 3.09. The number of carbonyl (C=O) groups is 2. The Balaban J connectivity index is 1.24. The zero-order valence-corrected chi connectivity index (χ0v) is 28.2. The molecule has 0 radical (unpaired) electrons. The van der Waals surface area contributed by atoms with E-state index in [1.165, 1.54) is 63.4 Å². The van der Waals surface area contributed by atoms with Crippen LogP contribution in [0.15, 0.2) is 66.7 Å². The van der Waals surface area contributed by atoms with Crippen molar-refractivity contribution in [3.8, 4) is 28.7 Å². The van der Waals surface area contributed by atoms with Crippen molar-refractivity contribution in [2.24, 2.45) is 5.92 Å². The van der Waals surface area contributed by atoms with Crippen LogP contribution >= 0.6 is 0 Å². The number of fused-ring (bicyclic) bond motifs is 1. The number of alkyl halides is 3. The highest BCUT2D eigenvalue weighted by Crippen LogP contribution is 2.32. The molecule has 0 spiro atoms. The number of carbonyl (C=O) groups excluding carboxylic acids is 2. The molecular formula is C41H47F3O4. The molecule has 48 heavy (non-hydrogen) atoms. The Bertz CT molecular complexity index is 1530. The lowest BCUT2D eigenvalue weighted by molar-refractivity contribution is -0.208. The van der Waals surface area contributed by atoms with Gasteiger partial charge in [-0.05, 0) is 90.1 Å². The third-order valence-corrected chi connectivity index (χ3v) is 8.87. The maximum atomic E-state index is 13.3. The van der Waals surface area contributed by atoms with Gasteiger partial charge < -0.3 is 9.47 Å². The summed E-state index contributed by atoms with van der Waals surface area (Å²) in [6, 6.07) is 21.1. The molecule has 7 heteroatoms. The molecule has 0 bridgehead atoms. The Kier molecular flexibility index (Phi) is 14.2. The first-order chi connectivity index (χ1) is 23.2. The standard InChI is InChI=1S/C41H47F3O4/c1-3-5-7-8-9-10-11-12-13-14-30-16-18-31(19-17-30)32-20-22-33(23-21-32)39(45)47-37-27-26-34-28-36(25-24-35(34)29-37)40(46)48-38(15-6-4-2)41(42,43)44/h16-23,26-27,29,36,38H,3-5,7-14,24-25,28H2,1-2H3/t36?,38-/m1/s1. The Labute approximate surface area is 283 Å². The summed E-state index contributed by atoms with van der Waals surface area (Å²) in [5.41, 5.74) is 5.57. The Morgan fingerprint density at radius 2 is 1.44 bits per heavy atom. The summed E-state index contributed by atoms with van der Waals surface area (Å²) in [5, 5.41) is 0. The SMILES string of the molecule is CCC#C[C@@H](OC(=O)C1CCc2cc(OC(=O)c3ccc(-c4ccc(CCCCCCCCCCC)cc4)cc3)ccc2C1)C(F)(F)F. The summed E-state index contributed by atoms with van der Waals surface area (Å²) in [7, 11) is 0. The van der Waals surface area contributed by atoms with Crippen molar-refractivity contribution in [3.05, 3.63) is 89.0 Å². The number of ether oxygens (including phenoxy) is 2. The monoisotopic (exact) mass is 660 g/mol. The van der Waals surface area contributed by atoms with Crippen molar-refractivity contribution < 1.29 is 32.2 Å². The molecular weight excluding hydrogens is 613 g/mol. The van der Waals surface area contributed by atoms with E-state index in [1.807, 2.05) is 18.1 Å². The third kappa shape index (κ3) is 11.3. The second kappa shape index (κ2) is 18.5. The first-order valence-electron chi connectivity index (χ1n) is 17.5. The lowest BCUT2D eigenvalue weighted by atomic mass is 9.84. The van der Waals surface area contributed by atoms with Gasteiger partial charge in [-0.25, -0.2) is 4.79 Å². The molecule has 1 unspecified atom stereocenters. The number of hydrogen-bond donors (Lipinski definition) is 0. The van der Waals surface area contributed by atoms with Crippen LogP contribution in [0, 0.1) is 17.8 Å². The summed E-state index contributed by atoms with van der Waals surface area (Å²) < 4.78 is 50.2. The molecule has 0 aliphatic heterocycles. The van der Waals surface area contributed by atoms with Gasteiger partial charge in [0.1, 0.15) is 5.75 Å². The number of benzene rings is 3. The van der Waals surface area contributed by atoms with Crippen molar-refractivity contribution >= 4 is 11.9 Å². The second-order valence-electron chi connectivity index (χ2n) is 12.6. The molecule has 4 rings (SSSR count). The van der Waals surface area contributed by atoms with Gasteiger partial charge in [0.05, 0.1) is 11.5 Å². The number of aryl methyl sites for hydroxylation is 2. The zero-order valence-electron chi connectivity index (χ0n) is 28.2. The molecule has 0 heterocycles. The predicted octanol–water partition coefficient (Wildman–Crippen LogP) is 10.6. The van der Waals surface area contributed by atoms with Crippen LogP contribution in [0.5, 0.6) is 5.75 Å². The molecule has 3 aromatic carbocycles. The summed E-state index contributed by atoms with van der Waals surface area (Å²) >= 11 is 0. The summed E-state index contributed by atoms with van der Waals surface area (Å²) in [4.78, 5) is 25.5. The quantitative estimate of drug-likeness (QED) is 0.0705. The van der Waals surface area contributed by atoms with E-state index < -0.39 is 30.1 Å². The zero-order chi connectivity index (χ0) is 34.4. The van der Waals surface area contributed by atoms with E-state index >= 15 is 0 Å². The van der Waals surface area contributed by atoms with Crippen molar-refractivity contribution in [1.82, 2.24) is 0 Å². The smallest absolute Gasteiger partial charge is 0.437 e. The maximum absolute atomic E-state index is 13.3. The van der Waals surface area contributed by atoms with Crippen LogP contribution in [0.4, 0.5) is 13.2 Å². The predicted molar refractivity (Wildman–Crippen MR) is 184 cm³/mol. The third-order valence-electron chi connectivity index (χ3n) is 8.87. The molecule has 3 aromatic rings. The fourth-order valence-electron chi connectivity index (χ4n) is 6.05. The van der Waals surface area contributed by atoms with Gasteiger partial charge in [0.25, 0.3) is 6.10 Å². The molecule has 256 valence electrons. The van der Waals surface area contributed by atoms with E-state index in [0.717, 1.165) is 28.7 Å². The molecule has 0 amide bonds. The van der Waals surface area contributed by atoms with E-state index in [2.05, 4.69) is 37.1 Å². The van der Waals surface area contributed by atoms with Crippen molar-refractivity contribution in [1.29, 1.82) is 0 Å². The number of unbranched alkanes of at least 4 members (excludes halogenated alkanes) is 8. The minimum Gasteiger partial charge on any atom is -0.439 e.